The predicted molar refractivity (Wildman–Crippen MR) is 118 cm³/mol. The quantitative estimate of drug-likeness (QED) is 0.376. The second-order valence-electron chi connectivity index (χ2n) is 7.37. The third-order valence-electron chi connectivity index (χ3n) is 4.90. The lowest BCUT2D eigenvalue weighted by Crippen LogP contribution is -2.32. The third kappa shape index (κ3) is 5.03. The van der Waals surface area contributed by atoms with E-state index < -0.39 is 16.9 Å². The molecule has 1 N–H and O–H groups in total. The van der Waals surface area contributed by atoms with E-state index in [9.17, 15) is 14.9 Å². The van der Waals surface area contributed by atoms with Crippen molar-refractivity contribution < 1.29 is 28.5 Å². The first kappa shape index (κ1) is 23.5. The first-order valence-corrected chi connectivity index (χ1v) is 9.98. The zero-order chi connectivity index (χ0) is 24.1. The Morgan fingerprint density at radius 2 is 1.76 bits per heavy atom. The molecular weight excluding hydrogens is 432 g/mol. The number of nitrogens with one attached hydrogen (secondary N) is 1. The molecule has 3 aromatic rings. The number of rotatable bonds is 9. The van der Waals surface area contributed by atoms with Crippen molar-refractivity contribution in [1.82, 2.24) is 15.5 Å². The molecule has 0 fully saturated rings. The summed E-state index contributed by atoms with van der Waals surface area (Å²) in [6.07, 6.45) is 0. The highest BCUT2D eigenvalue weighted by atomic mass is 16.6. The van der Waals surface area contributed by atoms with Crippen LogP contribution in [0.4, 0.5) is 5.69 Å². The van der Waals surface area contributed by atoms with Crippen LogP contribution in [0.25, 0.3) is 11.4 Å². The molecule has 174 valence electrons. The fourth-order valence-electron chi connectivity index (χ4n) is 3.19. The van der Waals surface area contributed by atoms with Crippen molar-refractivity contribution in [3.05, 3.63) is 58.0 Å². The number of benzene rings is 2. The van der Waals surface area contributed by atoms with Gasteiger partial charge in [0.15, 0.2) is 11.5 Å². The first-order valence-electron chi connectivity index (χ1n) is 9.98. The number of carbonyl (C=O) groups excluding carboxylic acids is 1. The highest BCUT2D eigenvalue weighted by molar-refractivity contribution is 5.95. The predicted octanol–water partition coefficient (Wildman–Crippen LogP) is 3.80. The minimum Gasteiger partial charge on any atom is -0.493 e. The van der Waals surface area contributed by atoms with Gasteiger partial charge in [0.05, 0.1) is 26.3 Å². The van der Waals surface area contributed by atoms with E-state index >= 15 is 0 Å². The van der Waals surface area contributed by atoms with Crippen molar-refractivity contribution in [2.45, 2.75) is 19.9 Å². The van der Waals surface area contributed by atoms with Crippen LogP contribution in [-0.2, 0) is 0 Å². The third-order valence-corrected chi connectivity index (χ3v) is 4.90. The molecule has 0 bridgehead atoms. The average Bonchev–Trinajstić information content (AvgIpc) is 3.30. The molecule has 11 nitrogen and oxygen atoms in total. The van der Waals surface area contributed by atoms with Crippen LogP contribution in [0.15, 0.2) is 40.9 Å². The smallest absolute Gasteiger partial charge is 0.270 e. The summed E-state index contributed by atoms with van der Waals surface area (Å²) in [6, 6.07) is 8.21. The highest BCUT2D eigenvalue weighted by Crippen LogP contribution is 2.40. The second-order valence-corrected chi connectivity index (χ2v) is 7.37. The molecule has 0 aliphatic rings. The Bertz CT molecular complexity index is 1130. The van der Waals surface area contributed by atoms with Crippen molar-refractivity contribution in [3.63, 3.8) is 0 Å². The number of nitro benzene ring substituents is 1. The van der Waals surface area contributed by atoms with Gasteiger partial charge in [0.2, 0.25) is 17.5 Å². The van der Waals surface area contributed by atoms with Crippen molar-refractivity contribution >= 4 is 11.6 Å². The number of nitrogens with zero attached hydrogens (tertiary/aromatic N) is 3. The van der Waals surface area contributed by atoms with Crippen molar-refractivity contribution in [2.75, 3.05) is 21.3 Å². The molecule has 11 heteroatoms. The van der Waals surface area contributed by atoms with Gasteiger partial charge in [0, 0.05) is 23.3 Å². The largest absolute Gasteiger partial charge is 0.493 e. The Kier molecular flexibility index (Phi) is 7.11. The van der Waals surface area contributed by atoms with Crippen LogP contribution in [-0.4, -0.2) is 42.3 Å². The van der Waals surface area contributed by atoms with Gasteiger partial charge in [-0.05, 0) is 24.1 Å². The van der Waals surface area contributed by atoms with Crippen LogP contribution >= 0.6 is 0 Å². The van der Waals surface area contributed by atoms with Gasteiger partial charge in [-0.2, -0.15) is 4.98 Å². The average molecular weight is 456 g/mol. The molecule has 33 heavy (non-hydrogen) atoms. The molecule has 3 rings (SSSR count). The van der Waals surface area contributed by atoms with E-state index in [1.54, 1.807) is 12.1 Å². The Labute approximate surface area is 189 Å². The SMILES string of the molecule is COc1cc(-c2noc(C(NC(=O)c3cccc([N+](=O)[O-])c3)C(C)C)n2)cc(OC)c1OC. The molecule has 0 aliphatic heterocycles. The topological polar surface area (TPSA) is 139 Å². The zero-order valence-corrected chi connectivity index (χ0v) is 18.8. The monoisotopic (exact) mass is 456 g/mol. The number of nitro groups is 1. The molecule has 0 aliphatic carbocycles. The highest BCUT2D eigenvalue weighted by Gasteiger charge is 2.26. The Morgan fingerprint density at radius 3 is 2.30 bits per heavy atom. The van der Waals surface area contributed by atoms with E-state index in [0.29, 0.717) is 22.8 Å². The van der Waals surface area contributed by atoms with E-state index in [0.717, 1.165) is 0 Å². The molecule has 0 saturated heterocycles. The van der Waals surface area contributed by atoms with E-state index in [2.05, 4.69) is 15.5 Å². The molecule has 1 heterocycles. The van der Waals surface area contributed by atoms with Gasteiger partial charge in [0.25, 0.3) is 11.6 Å². The summed E-state index contributed by atoms with van der Waals surface area (Å²) in [5.74, 6) is 1.13. The molecule has 0 saturated carbocycles. The standard InChI is InChI=1S/C22H24N4O7/c1-12(2)18(23-21(27)13-7-6-8-15(9-13)26(28)29)22-24-20(25-33-22)14-10-16(30-3)19(32-5)17(11-14)31-4/h6-12,18H,1-5H3,(H,23,27). The number of aromatic nitrogens is 2. The summed E-state index contributed by atoms with van der Waals surface area (Å²) in [6.45, 7) is 3.75. The molecule has 1 atom stereocenters. The van der Waals surface area contributed by atoms with Crippen LogP contribution in [0.2, 0.25) is 0 Å². The van der Waals surface area contributed by atoms with Crippen LogP contribution in [0.3, 0.4) is 0 Å². The lowest BCUT2D eigenvalue weighted by Gasteiger charge is -2.18. The number of ether oxygens (including phenoxy) is 3. The fourth-order valence-corrected chi connectivity index (χ4v) is 3.19. The maximum atomic E-state index is 12.8. The lowest BCUT2D eigenvalue weighted by molar-refractivity contribution is -0.384. The van der Waals surface area contributed by atoms with Crippen LogP contribution in [0, 0.1) is 16.0 Å². The van der Waals surface area contributed by atoms with Crippen molar-refractivity contribution in [2.24, 2.45) is 5.92 Å². The summed E-state index contributed by atoms with van der Waals surface area (Å²) in [4.78, 5) is 27.7. The number of methoxy groups -OCH3 is 3. The van der Waals surface area contributed by atoms with Crippen molar-refractivity contribution in [1.29, 1.82) is 0 Å². The number of hydrogen-bond acceptors (Lipinski definition) is 9. The first-order chi connectivity index (χ1) is 15.8. The normalized spacial score (nSPS) is 11.7. The summed E-state index contributed by atoms with van der Waals surface area (Å²) >= 11 is 0. The fraction of sp³-hybridized carbons (Fsp3) is 0.318. The van der Waals surface area contributed by atoms with Gasteiger partial charge < -0.3 is 24.1 Å². The van der Waals surface area contributed by atoms with E-state index in [-0.39, 0.29) is 28.9 Å². The van der Waals surface area contributed by atoms with Gasteiger partial charge in [-0.3, -0.25) is 14.9 Å². The lowest BCUT2D eigenvalue weighted by atomic mass is 10.0. The van der Waals surface area contributed by atoms with Gasteiger partial charge in [-0.1, -0.05) is 25.1 Å². The summed E-state index contributed by atoms with van der Waals surface area (Å²) in [5, 5.41) is 17.9. The maximum Gasteiger partial charge on any atom is 0.270 e. The molecule has 1 aromatic heterocycles. The minimum absolute atomic E-state index is 0.110. The number of non-ortho nitro benzene ring substituents is 1. The zero-order valence-electron chi connectivity index (χ0n) is 18.8. The van der Waals surface area contributed by atoms with E-state index in [4.69, 9.17) is 18.7 Å². The van der Waals surface area contributed by atoms with Crippen LogP contribution in [0.1, 0.15) is 36.1 Å². The van der Waals surface area contributed by atoms with E-state index in [1.807, 2.05) is 13.8 Å². The number of amides is 1. The van der Waals surface area contributed by atoms with Crippen LogP contribution < -0.4 is 19.5 Å². The molecule has 0 radical (unpaired) electrons. The van der Waals surface area contributed by atoms with Gasteiger partial charge >= 0.3 is 0 Å². The summed E-state index contributed by atoms with van der Waals surface area (Å²) in [5.41, 5.74) is 0.539. The van der Waals surface area contributed by atoms with Gasteiger partial charge in [0.1, 0.15) is 6.04 Å². The molecule has 1 amide bonds. The Hall–Kier alpha value is -4.15. The maximum absolute atomic E-state index is 12.8. The van der Waals surface area contributed by atoms with E-state index in [1.165, 1.54) is 45.6 Å². The van der Waals surface area contributed by atoms with Gasteiger partial charge in [-0.25, -0.2) is 0 Å². The minimum atomic E-state index is -0.625. The van der Waals surface area contributed by atoms with Crippen LogP contribution in [0.5, 0.6) is 17.2 Å². The summed E-state index contributed by atoms with van der Waals surface area (Å²) in [7, 11) is 4.51. The Balaban J connectivity index is 1.90. The second kappa shape index (κ2) is 9.98. The summed E-state index contributed by atoms with van der Waals surface area (Å²) < 4.78 is 21.5. The van der Waals surface area contributed by atoms with Crippen molar-refractivity contribution in [3.8, 4) is 28.6 Å². The molecular formula is C22H24N4O7. The van der Waals surface area contributed by atoms with Gasteiger partial charge in [-0.15, -0.1) is 0 Å². The number of hydrogen-bond donors (Lipinski definition) is 1. The molecule has 1 unspecified atom stereocenters. The molecule has 2 aromatic carbocycles. The molecule has 0 spiro atoms. The number of carbonyl (C=O) groups is 1. The Morgan fingerprint density at radius 1 is 1.09 bits per heavy atom.